The zero-order chi connectivity index (χ0) is 11.5. The molecule has 1 N–H and O–H groups in total. The Morgan fingerprint density at radius 2 is 2.07 bits per heavy atom. The van der Waals surface area contributed by atoms with Crippen LogP contribution in [0.3, 0.4) is 0 Å². The van der Waals surface area contributed by atoms with Gasteiger partial charge < -0.3 is 9.84 Å². The lowest BCUT2D eigenvalue weighted by Gasteiger charge is -2.22. The second-order valence-corrected chi connectivity index (χ2v) is 5.31. The molecule has 1 rings (SSSR count). The molecule has 2 nitrogen and oxygen atoms in total. The fourth-order valence-corrected chi connectivity index (χ4v) is 1.77. The van der Waals surface area contributed by atoms with Gasteiger partial charge in [-0.05, 0) is 35.6 Å². The molecule has 0 heterocycles. The van der Waals surface area contributed by atoms with Gasteiger partial charge >= 0.3 is 0 Å². The van der Waals surface area contributed by atoms with Gasteiger partial charge in [-0.2, -0.15) is 0 Å². The number of aliphatic hydroxyl groups is 1. The van der Waals surface area contributed by atoms with E-state index in [0.717, 1.165) is 22.2 Å². The number of hydrogen-bond acceptors (Lipinski definition) is 2. The van der Waals surface area contributed by atoms with Gasteiger partial charge in [0.2, 0.25) is 0 Å². The third-order valence-electron chi connectivity index (χ3n) is 2.35. The summed E-state index contributed by atoms with van der Waals surface area (Å²) in [5.74, 6) is 0.849. The topological polar surface area (TPSA) is 29.5 Å². The highest BCUT2D eigenvalue weighted by Crippen LogP contribution is 2.29. The van der Waals surface area contributed by atoms with Crippen LogP contribution in [-0.2, 0) is 6.42 Å². The normalized spacial score (nSPS) is 11.5. The monoisotopic (exact) mass is 272 g/mol. The molecule has 0 aliphatic rings. The second-order valence-electron chi connectivity index (χ2n) is 4.46. The third kappa shape index (κ3) is 3.50. The number of methoxy groups -OCH3 is 1. The van der Waals surface area contributed by atoms with Crippen LogP contribution >= 0.6 is 15.9 Å². The summed E-state index contributed by atoms with van der Waals surface area (Å²) in [7, 11) is 1.66. The third-order valence-corrected chi connectivity index (χ3v) is 3.12. The Hall–Kier alpha value is -0.540. The number of aliphatic hydroxyl groups excluding tert-OH is 1. The zero-order valence-corrected chi connectivity index (χ0v) is 11.0. The summed E-state index contributed by atoms with van der Waals surface area (Å²) in [5, 5.41) is 9.23. The summed E-state index contributed by atoms with van der Waals surface area (Å²) >= 11 is 3.50. The lowest BCUT2D eigenvalue weighted by atomic mass is 9.87. The second kappa shape index (κ2) is 4.99. The van der Waals surface area contributed by atoms with Gasteiger partial charge in [0.05, 0.1) is 7.11 Å². The standard InChI is InChI=1S/C12H17BrO2/c1-12(2,8-14)7-9-6-10(15-3)4-5-11(9)13/h4-6,14H,7-8H2,1-3H3. The van der Waals surface area contributed by atoms with E-state index in [0.29, 0.717) is 0 Å². The van der Waals surface area contributed by atoms with Crippen molar-refractivity contribution < 1.29 is 9.84 Å². The number of benzene rings is 1. The van der Waals surface area contributed by atoms with Crippen molar-refractivity contribution in [3.05, 3.63) is 28.2 Å². The van der Waals surface area contributed by atoms with Gasteiger partial charge in [0.1, 0.15) is 5.75 Å². The van der Waals surface area contributed by atoms with Gasteiger partial charge in [0.15, 0.2) is 0 Å². The van der Waals surface area contributed by atoms with Gasteiger partial charge in [-0.3, -0.25) is 0 Å². The van der Waals surface area contributed by atoms with Crippen LogP contribution in [0.4, 0.5) is 0 Å². The van der Waals surface area contributed by atoms with E-state index in [2.05, 4.69) is 15.9 Å². The number of ether oxygens (including phenoxy) is 1. The van der Waals surface area contributed by atoms with Gasteiger partial charge in [0.25, 0.3) is 0 Å². The van der Waals surface area contributed by atoms with Crippen LogP contribution in [0.1, 0.15) is 19.4 Å². The molecule has 15 heavy (non-hydrogen) atoms. The number of halogens is 1. The highest BCUT2D eigenvalue weighted by molar-refractivity contribution is 9.10. The van der Waals surface area contributed by atoms with Crippen LogP contribution in [-0.4, -0.2) is 18.8 Å². The lowest BCUT2D eigenvalue weighted by Crippen LogP contribution is -2.20. The SMILES string of the molecule is COc1ccc(Br)c(CC(C)(C)CO)c1. The summed E-state index contributed by atoms with van der Waals surface area (Å²) in [6.07, 6.45) is 0.821. The summed E-state index contributed by atoms with van der Waals surface area (Å²) in [4.78, 5) is 0. The predicted octanol–water partition coefficient (Wildman–Crippen LogP) is 3.02. The quantitative estimate of drug-likeness (QED) is 0.913. The molecule has 0 spiro atoms. The fourth-order valence-electron chi connectivity index (χ4n) is 1.39. The van der Waals surface area contributed by atoms with Crippen LogP contribution in [0.25, 0.3) is 0 Å². The van der Waals surface area contributed by atoms with Crippen molar-refractivity contribution in [3.63, 3.8) is 0 Å². The molecule has 0 radical (unpaired) electrons. The molecule has 1 aromatic carbocycles. The first-order valence-electron chi connectivity index (χ1n) is 4.92. The molecule has 0 saturated carbocycles. The van der Waals surface area contributed by atoms with Crippen molar-refractivity contribution in [2.24, 2.45) is 5.41 Å². The van der Waals surface area contributed by atoms with Gasteiger partial charge in [-0.15, -0.1) is 0 Å². The van der Waals surface area contributed by atoms with Crippen molar-refractivity contribution in [1.29, 1.82) is 0 Å². The van der Waals surface area contributed by atoms with Crippen LogP contribution in [0.5, 0.6) is 5.75 Å². The maximum absolute atomic E-state index is 9.23. The van der Waals surface area contributed by atoms with E-state index in [1.165, 1.54) is 0 Å². The van der Waals surface area contributed by atoms with E-state index in [1.54, 1.807) is 7.11 Å². The van der Waals surface area contributed by atoms with Crippen molar-refractivity contribution in [1.82, 2.24) is 0 Å². The maximum Gasteiger partial charge on any atom is 0.119 e. The zero-order valence-electron chi connectivity index (χ0n) is 9.38. The highest BCUT2D eigenvalue weighted by atomic mass is 79.9. The maximum atomic E-state index is 9.23. The summed E-state index contributed by atoms with van der Waals surface area (Å²) < 4.78 is 6.23. The molecule has 0 bridgehead atoms. The molecule has 0 fully saturated rings. The Balaban J connectivity index is 2.93. The van der Waals surface area contributed by atoms with E-state index in [4.69, 9.17) is 4.74 Å². The predicted molar refractivity (Wildman–Crippen MR) is 65.3 cm³/mol. The highest BCUT2D eigenvalue weighted by Gasteiger charge is 2.18. The Bertz CT molecular complexity index is 334. The first-order valence-corrected chi connectivity index (χ1v) is 5.71. The minimum Gasteiger partial charge on any atom is -0.497 e. The fraction of sp³-hybridized carbons (Fsp3) is 0.500. The molecule has 0 amide bonds. The molecule has 0 unspecified atom stereocenters. The van der Waals surface area contributed by atoms with Crippen LogP contribution < -0.4 is 4.74 Å². The number of hydrogen-bond donors (Lipinski definition) is 1. The van der Waals surface area contributed by atoms with Crippen molar-refractivity contribution in [2.45, 2.75) is 20.3 Å². The molecular formula is C12H17BrO2. The van der Waals surface area contributed by atoms with E-state index in [9.17, 15) is 5.11 Å². The first kappa shape index (κ1) is 12.5. The Kier molecular flexibility index (Phi) is 4.17. The summed E-state index contributed by atoms with van der Waals surface area (Å²) in [6, 6.07) is 5.89. The molecular weight excluding hydrogens is 256 g/mol. The Morgan fingerprint density at radius 3 is 2.60 bits per heavy atom. The van der Waals surface area contributed by atoms with E-state index in [-0.39, 0.29) is 12.0 Å². The Labute approximate surface area is 99.4 Å². The van der Waals surface area contributed by atoms with Gasteiger partial charge in [0, 0.05) is 11.1 Å². The molecule has 0 aliphatic carbocycles. The average molecular weight is 273 g/mol. The van der Waals surface area contributed by atoms with Crippen LogP contribution in [0.2, 0.25) is 0 Å². The molecule has 3 heteroatoms. The molecule has 0 aliphatic heterocycles. The van der Waals surface area contributed by atoms with Crippen LogP contribution in [0, 0.1) is 5.41 Å². The smallest absolute Gasteiger partial charge is 0.119 e. The van der Waals surface area contributed by atoms with Crippen molar-refractivity contribution >= 4 is 15.9 Å². The van der Waals surface area contributed by atoms with Gasteiger partial charge in [-0.25, -0.2) is 0 Å². The first-order chi connectivity index (χ1) is 6.98. The number of rotatable bonds is 4. The molecule has 0 aromatic heterocycles. The van der Waals surface area contributed by atoms with Crippen LogP contribution in [0.15, 0.2) is 22.7 Å². The molecule has 1 aromatic rings. The summed E-state index contributed by atoms with van der Waals surface area (Å²) in [6.45, 7) is 4.26. The lowest BCUT2D eigenvalue weighted by molar-refractivity contribution is 0.159. The molecule has 84 valence electrons. The minimum atomic E-state index is -0.102. The van der Waals surface area contributed by atoms with Crippen molar-refractivity contribution in [3.8, 4) is 5.75 Å². The Morgan fingerprint density at radius 1 is 1.40 bits per heavy atom. The molecule has 0 saturated heterocycles. The minimum absolute atomic E-state index is 0.102. The van der Waals surface area contributed by atoms with Crippen molar-refractivity contribution in [2.75, 3.05) is 13.7 Å². The molecule has 0 atom stereocenters. The summed E-state index contributed by atoms with van der Waals surface area (Å²) in [5.41, 5.74) is 1.06. The van der Waals surface area contributed by atoms with Gasteiger partial charge in [-0.1, -0.05) is 29.8 Å². The van der Waals surface area contributed by atoms with E-state index >= 15 is 0 Å². The largest absolute Gasteiger partial charge is 0.497 e. The average Bonchev–Trinajstić information content (AvgIpc) is 2.21. The van der Waals surface area contributed by atoms with E-state index in [1.807, 2.05) is 32.0 Å². The van der Waals surface area contributed by atoms with E-state index < -0.39 is 0 Å².